The Balaban J connectivity index is 2.17. The van der Waals surface area contributed by atoms with Gasteiger partial charge in [-0.15, -0.1) is 0 Å². The smallest absolute Gasteiger partial charge is 0.405 e. The lowest BCUT2D eigenvalue weighted by molar-refractivity contribution is -0.148. The average molecular weight is 431 g/mol. The number of imide groups is 1. The molecule has 7 nitrogen and oxygen atoms in total. The molecule has 0 saturated heterocycles. The number of carbonyl (C=O) groups is 3. The summed E-state index contributed by atoms with van der Waals surface area (Å²) in [6.45, 7) is -2.26. The molecule has 27 heavy (non-hydrogen) atoms. The third-order valence-electron chi connectivity index (χ3n) is 2.74. The summed E-state index contributed by atoms with van der Waals surface area (Å²) in [6.07, 6.45) is -4.44. The standard InChI is InChI=1S/C15H15Cl2F3N2O5/c16-9-3-4-11(10(17)6-9)26-5-1-2-13(24)27-7-12(23)22-14(25)21-8-15(18,19)20/h3-4,6H,1-2,5,7-8H2,(H2,21,22,23,25). The number of rotatable bonds is 8. The van der Waals surface area contributed by atoms with E-state index in [2.05, 4.69) is 4.74 Å². The summed E-state index contributed by atoms with van der Waals surface area (Å²) in [4.78, 5) is 33.8. The van der Waals surface area contributed by atoms with Crippen LogP contribution in [0.25, 0.3) is 0 Å². The maximum Gasteiger partial charge on any atom is 0.405 e. The number of hydrogen-bond donors (Lipinski definition) is 2. The van der Waals surface area contributed by atoms with E-state index in [1.165, 1.54) is 11.4 Å². The Morgan fingerprint density at radius 3 is 2.48 bits per heavy atom. The van der Waals surface area contributed by atoms with Crippen LogP contribution < -0.4 is 15.4 Å². The quantitative estimate of drug-likeness (QED) is 0.488. The molecule has 1 aromatic carbocycles. The molecular formula is C15H15Cl2F3N2O5. The molecule has 0 aromatic heterocycles. The summed E-state index contributed by atoms with van der Waals surface area (Å²) < 4.78 is 45.6. The largest absolute Gasteiger partial charge is 0.492 e. The van der Waals surface area contributed by atoms with Crippen LogP contribution in [-0.4, -0.2) is 43.8 Å². The van der Waals surface area contributed by atoms with Crippen LogP contribution in [0.4, 0.5) is 18.0 Å². The van der Waals surface area contributed by atoms with Gasteiger partial charge in [-0.25, -0.2) is 4.79 Å². The molecule has 0 aliphatic rings. The third-order valence-corrected chi connectivity index (χ3v) is 3.27. The Hall–Kier alpha value is -2.20. The lowest BCUT2D eigenvalue weighted by Gasteiger charge is -2.10. The highest BCUT2D eigenvalue weighted by Crippen LogP contribution is 2.27. The van der Waals surface area contributed by atoms with E-state index in [0.29, 0.717) is 15.8 Å². The van der Waals surface area contributed by atoms with Crippen molar-refractivity contribution in [3.05, 3.63) is 28.2 Å². The van der Waals surface area contributed by atoms with Crippen LogP contribution in [0.3, 0.4) is 0 Å². The van der Waals surface area contributed by atoms with Crippen molar-refractivity contribution in [3.63, 3.8) is 0 Å². The van der Waals surface area contributed by atoms with E-state index in [1.54, 1.807) is 17.4 Å². The molecule has 0 heterocycles. The van der Waals surface area contributed by atoms with E-state index < -0.39 is 37.2 Å². The van der Waals surface area contributed by atoms with Crippen molar-refractivity contribution in [2.24, 2.45) is 0 Å². The molecule has 150 valence electrons. The fraction of sp³-hybridized carbons (Fsp3) is 0.400. The molecule has 0 saturated carbocycles. The van der Waals surface area contributed by atoms with Gasteiger partial charge in [0.25, 0.3) is 5.91 Å². The number of nitrogens with one attached hydrogen (secondary N) is 2. The molecule has 2 N–H and O–H groups in total. The van der Waals surface area contributed by atoms with Gasteiger partial charge in [-0.3, -0.25) is 14.9 Å². The van der Waals surface area contributed by atoms with Crippen molar-refractivity contribution >= 4 is 41.1 Å². The zero-order valence-corrected chi connectivity index (χ0v) is 15.2. The third kappa shape index (κ3) is 10.5. The maximum absolute atomic E-state index is 11.9. The second kappa shape index (κ2) is 10.8. The summed E-state index contributed by atoms with van der Waals surface area (Å²) in [7, 11) is 0. The first kappa shape index (κ1) is 22.8. The number of esters is 1. The molecule has 0 unspecified atom stereocenters. The SMILES string of the molecule is O=C(COC(=O)CCCOc1ccc(Cl)cc1Cl)NC(=O)NCC(F)(F)F. The first-order valence-corrected chi connectivity index (χ1v) is 8.20. The molecular weight excluding hydrogens is 416 g/mol. The molecule has 0 radical (unpaired) electrons. The minimum atomic E-state index is -4.61. The van der Waals surface area contributed by atoms with Crippen molar-refractivity contribution in [2.45, 2.75) is 19.0 Å². The minimum Gasteiger partial charge on any atom is -0.492 e. The van der Waals surface area contributed by atoms with Gasteiger partial charge in [-0.2, -0.15) is 13.2 Å². The van der Waals surface area contributed by atoms with E-state index in [-0.39, 0.29) is 19.4 Å². The Labute approximate surface area is 162 Å². The molecule has 0 aliphatic carbocycles. The van der Waals surface area contributed by atoms with Gasteiger partial charge < -0.3 is 14.8 Å². The number of ether oxygens (including phenoxy) is 2. The predicted molar refractivity (Wildman–Crippen MR) is 89.7 cm³/mol. The Bertz CT molecular complexity index is 686. The van der Waals surface area contributed by atoms with Crippen LogP contribution >= 0.6 is 23.2 Å². The number of amides is 3. The Kier molecular flexibility index (Phi) is 9.16. The lowest BCUT2D eigenvalue weighted by Crippen LogP contribution is -2.44. The molecule has 0 fully saturated rings. The fourth-order valence-electron chi connectivity index (χ4n) is 1.60. The second-order valence-electron chi connectivity index (χ2n) is 5.03. The van der Waals surface area contributed by atoms with E-state index in [4.69, 9.17) is 27.9 Å². The molecule has 1 rings (SSSR count). The number of halogens is 5. The van der Waals surface area contributed by atoms with Gasteiger partial charge in [0.15, 0.2) is 6.61 Å². The number of hydrogen-bond acceptors (Lipinski definition) is 5. The predicted octanol–water partition coefficient (Wildman–Crippen LogP) is 3.08. The van der Waals surface area contributed by atoms with Crippen molar-refractivity contribution in [1.29, 1.82) is 0 Å². The van der Waals surface area contributed by atoms with Gasteiger partial charge in [0.05, 0.1) is 11.6 Å². The van der Waals surface area contributed by atoms with Gasteiger partial charge in [-0.1, -0.05) is 23.2 Å². The summed E-state index contributed by atoms with van der Waals surface area (Å²) in [6, 6.07) is 3.30. The first-order chi connectivity index (χ1) is 12.6. The number of urea groups is 1. The van der Waals surface area contributed by atoms with E-state index >= 15 is 0 Å². The van der Waals surface area contributed by atoms with Crippen LogP contribution in [0.2, 0.25) is 10.0 Å². The average Bonchev–Trinajstić information content (AvgIpc) is 2.56. The maximum atomic E-state index is 11.9. The van der Waals surface area contributed by atoms with Gasteiger partial charge in [0, 0.05) is 11.4 Å². The Morgan fingerprint density at radius 1 is 1.15 bits per heavy atom. The number of alkyl halides is 3. The number of benzene rings is 1. The van der Waals surface area contributed by atoms with E-state index in [9.17, 15) is 27.6 Å². The zero-order valence-electron chi connectivity index (χ0n) is 13.7. The molecule has 0 atom stereocenters. The van der Waals surface area contributed by atoms with Crippen LogP contribution in [-0.2, 0) is 14.3 Å². The zero-order chi connectivity index (χ0) is 20.4. The van der Waals surface area contributed by atoms with Gasteiger partial charge >= 0.3 is 18.2 Å². The van der Waals surface area contributed by atoms with E-state index in [0.717, 1.165) is 0 Å². The molecule has 3 amide bonds. The normalized spacial score (nSPS) is 10.9. The minimum absolute atomic E-state index is 0.0846. The summed E-state index contributed by atoms with van der Waals surface area (Å²) in [5, 5.41) is 3.78. The topological polar surface area (TPSA) is 93.7 Å². The summed E-state index contributed by atoms with van der Waals surface area (Å²) >= 11 is 11.6. The highest BCUT2D eigenvalue weighted by Gasteiger charge is 2.28. The molecule has 0 spiro atoms. The molecule has 12 heteroatoms. The van der Waals surface area contributed by atoms with Crippen LogP contribution in [0.15, 0.2) is 18.2 Å². The highest BCUT2D eigenvalue weighted by molar-refractivity contribution is 6.35. The van der Waals surface area contributed by atoms with Crippen LogP contribution in [0, 0.1) is 0 Å². The van der Waals surface area contributed by atoms with Crippen LogP contribution in [0.1, 0.15) is 12.8 Å². The van der Waals surface area contributed by atoms with Gasteiger partial charge in [0.1, 0.15) is 12.3 Å². The van der Waals surface area contributed by atoms with Crippen LogP contribution in [0.5, 0.6) is 5.75 Å². The summed E-state index contributed by atoms with van der Waals surface area (Å²) in [5.74, 6) is -1.42. The molecule has 1 aromatic rings. The second-order valence-corrected chi connectivity index (χ2v) is 5.88. The van der Waals surface area contributed by atoms with Gasteiger partial charge in [0.2, 0.25) is 0 Å². The first-order valence-electron chi connectivity index (χ1n) is 7.45. The van der Waals surface area contributed by atoms with Crippen molar-refractivity contribution < 1.29 is 37.0 Å². The van der Waals surface area contributed by atoms with Crippen molar-refractivity contribution in [3.8, 4) is 5.75 Å². The molecule has 0 aliphatic heterocycles. The lowest BCUT2D eigenvalue weighted by atomic mass is 10.3. The van der Waals surface area contributed by atoms with Crippen molar-refractivity contribution in [1.82, 2.24) is 10.6 Å². The summed E-state index contributed by atoms with van der Waals surface area (Å²) in [5.41, 5.74) is 0. The Morgan fingerprint density at radius 2 is 1.85 bits per heavy atom. The monoisotopic (exact) mass is 430 g/mol. The van der Waals surface area contributed by atoms with Gasteiger partial charge in [-0.05, 0) is 24.6 Å². The fourth-order valence-corrected chi connectivity index (χ4v) is 2.06. The highest BCUT2D eigenvalue weighted by atomic mass is 35.5. The van der Waals surface area contributed by atoms with Crippen molar-refractivity contribution in [2.75, 3.05) is 19.8 Å². The molecule has 0 bridgehead atoms. The van der Waals surface area contributed by atoms with E-state index in [1.807, 2.05) is 0 Å². The number of carbonyl (C=O) groups excluding carboxylic acids is 3.